The van der Waals surface area contributed by atoms with Crippen LogP contribution in [0.25, 0.3) is 0 Å². The Kier molecular flexibility index (Phi) is 6.73. The van der Waals surface area contributed by atoms with Crippen molar-refractivity contribution in [3.63, 3.8) is 0 Å². The van der Waals surface area contributed by atoms with Crippen LogP contribution in [0.15, 0.2) is 0 Å². The predicted molar refractivity (Wildman–Crippen MR) is 76.5 cm³/mol. The van der Waals surface area contributed by atoms with Gasteiger partial charge in [-0.1, -0.05) is 0 Å². The van der Waals surface area contributed by atoms with Crippen LogP contribution >= 0.6 is 24.0 Å². The third-order valence-electron chi connectivity index (χ3n) is 2.60. The van der Waals surface area contributed by atoms with Crippen LogP contribution in [0.4, 0.5) is 0 Å². The van der Waals surface area contributed by atoms with Crippen LogP contribution < -0.4 is 10.6 Å². The standard InChI is InChI=1S/C11H20N2O3S2/c1-3-12-11(17)13-9-5-4-8(18-10(9)15)6-16-7(2)14/h8-10,15H,3-6H2,1-2H3,(H2,12,13,17)/t8-,9-,10+/m1/s1. The lowest BCUT2D eigenvalue weighted by Crippen LogP contribution is -2.49. The van der Waals surface area contributed by atoms with Gasteiger partial charge in [0.15, 0.2) is 5.11 Å². The van der Waals surface area contributed by atoms with E-state index in [-0.39, 0.29) is 17.3 Å². The molecule has 1 aliphatic rings. The first kappa shape index (κ1) is 15.5. The number of ether oxygens (including phenoxy) is 1. The van der Waals surface area contributed by atoms with E-state index in [1.165, 1.54) is 18.7 Å². The molecule has 1 heterocycles. The highest BCUT2D eigenvalue weighted by Crippen LogP contribution is 2.30. The summed E-state index contributed by atoms with van der Waals surface area (Å²) in [6.45, 7) is 4.48. The largest absolute Gasteiger partial charge is 0.465 e. The molecule has 18 heavy (non-hydrogen) atoms. The van der Waals surface area contributed by atoms with Crippen molar-refractivity contribution in [2.24, 2.45) is 0 Å². The van der Waals surface area contributed by atoms with Crippen LogP contribution in [0.2, 0.25) is 0 Å². The second kappa shape index (κ2) is 7.81. The molecule has 1 fully saturated rings. The molecule has 0 aromatic heterocycles. The Morgan fingerprint density at radius 1 is 1.56 bits per heavy atom. The highest BCUT2D eigenvalue weighted by Gasteiger charge is 2.30. The maximum atomic E-state index is 10.7. The molecule has 0 spiro atoms. The SMILES string of the molecule is CCNC(=S)N[C@@H]1CC[C@H](COC(C)=O)S[C@@H]1O. The number of hydrogen-bond acceptors (Lipinski definition) is 5. The first-order valence-electron chi connectivity index (χ1n) is 6.04. The van der Waals surface area contributed by atoms with Gasteiger partial charge >= 0.3 is 5.97 Å². The lowest BCUT2D eigenvalue weighted by molar-refractivity contribution is -0.140. The van der Waals surface area contributed by atoms with Gasteiger partial charge in [-0.15, -0.1) is 11.8 Å². The van der Waals surface area contributed by atoms with Crippen LogP contribution in [0.5, 0.6) is 0 Å². The Labute approximate surface area is 117 Å². The van der Waals surface area contributed by atoms with E-state index in [4.69, 9.17) is 17.0 Å². The van der Waals surface area contributed by atoms with E-state index in [1.54, 1.807) is 0 Å². The molecule has 0 aliphatic carbocycles. The molecule has 1 saturated heterocycles. The summed E-state index contributed by atoms with van der Waals surface area (Å²) in [4.78, 5) is 10.7. The number of carbonyl (C=O) groups is 1. The van der Waals surface area contributed by atoms with Crippen molar-refractivity contribution in [2.45, 2.75) is 43.4 Å². The molecule has 5 nitrogen and oxygen atoms in total. The van der Waals surface area contributed by atoms with Crippen molar-refractivity contribution in [3.8, 4) is 0 Å². The van der Waals surface area contributed by atoms with Crippen LogP contribution in [0, 0.1) is 0 Å². The van der Waals surface area contributed by atoms with E-state index in [0.29, 0.717) is 11.7 Å². The summed E-state index contributed by atoms with van der Waals surface area (Å²) in [6, 6.07) is -0.0462. The smallest absolute Gasteiger partial charge is 0.302 e. The lowest BCUT2D eigenvalue weighted by Gasteiger charge is -2.33. The van der Waals surface area contributed by atoms with E-state index in [9.17, 15) is 9.90 Å². The second-order valence-corrected chi connectivity index (χ2v) is 5.97. The maximum Gasteiger partial charge on any atom is 0.302 e. The zero-order valence-corrected chi connectivity index (χ0v) is 12.3. The van der Waals surface area contributed by atoms with Gasteiger partial charge in [-0.2, -0.15) is 0 Å². The van der Waals surface area contributed by atoms with E-state index in [0.717, 1.165) is 19.4 Å². The summed E-state index contributed by atoms with van der Waals surface area (Å²) < 4.78 is 4.96. The molecule has 7 heteroatoms. The van der Waals surface area contributed by atoms with Gasteiger partial charge < -0.3 is 20.5 Å². The van der Waals surface area contributed by atoms with Crippen LogP contribution in [-0.4, -0.2) is 46.1 Å². The number of esters is 1. The number of thioether (sulfide) groups is 1. The lowest BCUT2D eigenvalue weighted by atomic mass is 10.1. The summed E-state index contributed by atoms with van der Waals surface area (Å²) in [6.07, 6.45) is 1.70. The Bertz CT molecular complexity index is 302. The van der Waals surface area contributed by atoms with Gasteiger partial charge in [0.1, 0.15) is 12.0 Å². The molecular weight excluding hydrogens is 272 g/mol. The zero-order valence-electron chi connectivity index (χ0n) is 10.6. The average molecular weight is 292 g/mol. The maximum absolute atomic E-state index is 10.7. The van der Waals surface area contributed by atoms with E-state index >= 15 is 0 Å². The molecule has 0 saturated carbocycles. The molecule has 0 amide bonds. The number of aliphatic hydroxyl groups excluding tert-OH is 1. The topological polar surface area (TPSA) is 70.6 Å². The van der Waals surface area contributed by atoms with E-state index in [1.807, 2.05) is 6.92 Å². The molecule has 3 atom stereocenters. The summed E-state index contributed by atoms with van der Waals surface area (Å²) >= 11 is 6.51. The number of hydrogen-bond donors (Lipinski definition) is 3. The van der Waals surface area contributed by atoms with Crippen molar-refractivity contribution < 1.29 is 14.6 Å². The molecular formula is C11H20N2O3S2. The number of rotatable bonds is 4. The summed E-state index contributed by atoms with van der Waals surface area (Å²) in [5.41, 5.74) is -0.532. The number of aliphatic hydroxyl groups is 1. The highest BCUT2D eigenvalue weighted by molar-refractivity contribution is 8.00. The Morgan fingerprint density at radius 3 is 2.83 bits per heavy atom. The molecule has 0 unspecified atom stereocenters. The fraction of sp³-hybridized carbons (Fsp3) is 0.818. The van der Waals surface area contributed by atoms with Gasteiger partial charge in [0, 0.05) is 18.7 Å². The normalized spacial score (nSPS) is 27.4. The van der Waals surface area contributed by atoms with Gasteiger partial charge in [-0.3, -0.25) is 4.79 Å². The van der Waals surface area contributed by atoms with E-state index in [2.05, 4.69) is 10.6 Å². The minimum atomic E-state index is -0.532. The number of thiocarbonyl (C=S) groups is 1. The third kappa shape index (κ3) is 5.41. The first-order chi connectivity index (χ1) is 8.52. The predicted octanol–water partition coefficient (Wildman–Crippen LogP) is 0.616. The molecule has 1 rings (SSSR count). The summed E-state index contributed by atoms with van der Waals surface area (Å²) in [5.74, 6) is -0.279. The van der Waals surface area contributed by atoms with Gasteiger partial charge in [-0.05, 0) is 32.0 Å². The minimum absolute atomic E-state index is 0.0462. The van der Waals surface area contributed by atoms with Crippen LogP contribution in [-0.2, 0) is 9.53 Å². The zero-order chi connectivity index (χ0) is 13.5. The van der Waals surface area contributed by atoms with Gasteiger partial charge in [0.05, 0.1) is 6.04 Å². The quantitative estimate of drug-likeness (QED) is 0.518. The van der Waals surface area contributed by atoms with Crippen molar-refractivity contribution >= 4 is 35.1 Å². The molecule has 3 N–H and O–H groups in total. The van der Waals surface area contributed by atoms with Crippen molar-refractivity contribution in [1.29, 1.82) is 0 Å². The molecule has 0 aromatic carbocycles. The van der Waals surface area contributed by atoms with Gasteiger partial charge in [0.2, 0.25) is 0 Å². The monoisotopic (exact) mass is 292 g/mol. The third-order valence-corrected chi connectivity index (χ3v) is 4.23. The molecule has 0 radical (unpaired) electrons. The Hall–Kier alpha value is -0.530. The molecule has 1 aliphatic heterocycles. The summed E-state index contributed by atoms with van der Waals surface area (Å²) in [5, 5.41) is 16.8. The van der Waals surface area contributed by atoms with Crippen LogP contribution in [0.3, 0.4) is 0 Å². The fourth-order valence-electron chi connectivity index (χ4n) is 1.72. The van der Waals surface area contributed by atoms with Crippen molar-refractivity contribution in [3.05, 3.63) is 0 Å². The van der Waals surface area contributed by atoms with Gasteiger partial charge in [-0.25, -0.2) is 0 Å². The molecule has 104 valence electrons. The van der Waals surface area contributed by atoms with Crippen molar-refractivity contribution in [1.82, 2.24) is 10.6 Å². The number of carbonyl (C=O) groups excluding carboxylic acids is 1. The molecule has 0 bridgehead atoms. The fourth-order valence-corrected chi connectivity index (χ4v) is 3.23. The highest BCUT2D eigenvalue weighted by atomic mass is 32.2. The van der Waals surface area contributed by atoms with Crippen molar-refractivity contribution in [2.75, 3.05) is 13.2 Å². The van der Waals surface area contributed by atoms with E-state index < -0.39 is 5.44 Å². The minimum Gasteiger partial charge on any atom is -0.465 e. The Balaban J connectivity index is 2.32. The first-order valence-corrected chi connectivity index (χ1v) is 7.39. The molecule has 0 aromatic rings. The summed E-state index contributed by atoms with van der Waals surface area (Å²) in [7, 11) is 0. The van der Waals surface area contributed by atoms with Crippen LogP contribution in [0.1, 0.15) is 26.7 Å². The van der Waals surface area contributed by atoms with Gasteiger partial charge in [0.25, 0.3) is 0 Å². The average Bonchev–Trinajstić information content (AvgIpc) is 2.30. The number of nitrogens with one attached hydrogen (secondary N) is 2. The second-order valence-electron chi connectivity index (χ2n) is 4.14. The Morgan fingerprint density at radius 2 is 2.28 bits per heavy atom.